The molecule has 0 aliphatic rings. The van der Waals surface area contributed by atoms with Crippen LogP contribution in [-0.2, 0) is 21.0 Å². The molecule has 0 radical (unpaired) electrons. The highest BCUT2D eigenvalue weighted by Crippen LogP contribution is 2.31. The van der Waals surface area contributed by atoms with Crippen molar-refractivity contribution in [3.8, 4) is 11.1 Å². The summed E-state index contributed by atoms with van der Waals surface area (Å²) in [5.41, 5.74) is 0.137. The fourth-order valence-electron chi connectivity index (χ4n) is 2.92. The number of carboxylic acids is 1. The molecule has 3 N–H and O–H groups in total. The number of nitrogens with one attached hydrogen (secondary N) is 1. The Kier molecular flexibility index (Phi) is 8.36. The molecule has 1 heterocycles. The minimum Gasteiger partial charge on any atom is -0.480 e. The maximum atomic E-state index is 12.7. The molecule has 2 aromatic carbocycles. The molecule has 34 heavy (non-hydrogen) atoms. The maximum Gasteiger partial charge on any atom is 0.416 e. The van der Waals surface area contributed by atoms with Crippen molar-refractivity contribution in [2.45, 2.75) is 34.0 Å². The van der Waals surface area contributed by atoms with Crippen molar-refractivity contribution in [2.75, 3.05) is 5.75 Å². The second kappa shape index (κ2) is 10.9. The predicted octanol–water partition coefficient (Wildman–Crippen LogP) is 4.10. The molecule has 0 saturated heterocycles. The van der Waals surface area contributed by atoms with E-state index in [4.69, 9.17) is 0 Å². The molecule has 0 aliphatic carbocycles. The smallest absolute Gasteiger partial charge is 0.416 e. The molecule has 0 amide bonds. The van der Waals surface area contributed by atoms with Gasteiger partial charge in [-0.25, -0.2) is 13.4 Å². The first-order valence-corrected chi connectivity index (χ1v) is 13.0. The van der Waals surface area contributed by atoms with E-state index in [1.54, 1.807) is 11.6 Å². The number of nitrogens with zero attached hydrogens (tertiary/aromatic N) is 1. The number of thiazole rings is 1. The predicted molar refractivity (Wildman–Crippen MR) is 122 cm³/mol. The third kappa shape index (κ3) is 7.03. The number of hydrogen-bond acceptors (Lipinski definition) is 7. The number of carboxylic acid groups (broad SMARTS) is 1. The zero-order valence-corrected chi connectivity index (χ0v) is 19.7. The summed E-state index contributed by atoms with van der Waals surface area (Å²) in [7, 11) is -4.24. The minimum absolute atomic E-state index is 0.140. The summed E-state index contributed by atoms with van der Waals surface area (Å²) in [4.78, 5) is 15.4. The third-order valence-corrected chi connectivity index (χ3v) is 8.22. The van der Waals surface area contributed by atoms with Gasteiger partial charge in [-0.3, -0.25) is 4.79 Å². The fourth-order valence-corrected chi connectivity index (χ4v) is 5.73. The first-order valence-electron chi connectivity index (χ1n) is 9.69. The average Bonchev–Trinajstić information content (AvgIpc) is 3.30. The standard InChI is InChI=1S/C21H19F3N2O5S3/c22-21(23,24)15-5-1-13(2-6-15)14-3-7-17(8-4-14)34(30,31)26-18(19(28)29)11-16(27)12-33-20-25-9-10-32-20/h1-10,16,18,26-27H,11-12H2,(H,28,29). The van der Waals surface area contributed by atoms with Crippen LogP contribution in [0.1, 0.15) is 12.0 Å². The van der Waals surface area contributed by atoms with Crippen molar-refractivity contribution in [2.24, 2.45) is 0 Å². The Labute approximate surface area is 201 Å². The van der Waals surface area contributed by atoms with Gasteiger partial charge >= 0.3 is 12.1 Å². The highest BCUT2D eigenvalue weighted by molar-refractivity contribution is 8.01. The van der Waals surface area contributed by atoms with Gasteiger partial charge in [-0.1, -0.05) is 36.0 Å². The monoisotopic (exact) mass is 532 g/mol. The van der Waals surface area contributed by atoms with E-state index < -0.39 is 39.9 Å². The number of aliphatic hydroxyl groups excluding tert-OH is 1. The lowest BCUT2D eigenvalue weighted by molar-refractivity contribution is -0.140. The normalized spacial score (nSPS) is 14.0. The van der Waals surface area contributed by atoms with Crippen LogP contribution in [0.25, 0.3) is 11.1 Å². The number of benzene rings is 2. The summed E-state index contributed by atoms with van der Waals surface area (Å²) in [5, 5.41) is 21.3. The molecule has 0 bridgehead atoms. The molecule has 3 aromatic rings. The summed E-state index contributed by atoms with van der Waals surface area (Å²) >= 11 is 2.59. The molecule has 1 aromatic heterocycles. The number of aliphatic hydroxyl groups is 1. The minimum atomic E-state index is -4.46. The first kappa shape index (κ1) is 26.2. The summed E-state index contributed by atoms with van der Waals surface area (Å²) in [6.07, 6.45) is -4.32. The molecular formula is C21H19F3N2O5S3. The lowest BCUT2D eigenvalue weighted by Gasteiger charge is -2.18. The van der Waals surface area contributed by atoms with Crippen molar-refractivity contribution >= 4 is 39.1 Å². The van der Waals surface area contributed by atoms with E-state index in [2.05, 4.69) is 9.71 Å². The highest BCUT2D eigenvalue weighted by Gasteiger charge is 2.30. The van der Waals surface area contributed by atoms with Crippen molar-refractivity contribution in [1.29, 1.82) is 0 Å². The zero-order chi connectivity index (χ0) is 24.9. The number of aromatic nitrogens is 1. The van der Waals surface area contributed by atoms with E-state index in [-0.39, 0.29) is 17.1 Å². The van der Waals surface area contributed by atoms with Crippen LogP contribution in [0.15, 0.2) is 69.3 Å². The molecule has 0 aliphatic heterocycles. The van der Waals surface area contributed by atoms with Gasteiger partial charge in [0.1, 0.15) is 10.4 Å². The number of rotatable bonds is 10. The lowest BCUT2D eigenvalue weighted by Crippen LogP contribution is -2.43. The molecule has 3 rings (SSSR count). The van der Waals surface area contributed by atoms with Crippen molar-refractivity contribution in [3.05, 3.63) is 65.7 Å². The number of alkyl halides is 3. The SMILES string of the molecule is O=C(O)C(CC(O)CSc1nccs1)NS(=O)(=O)c1ccc(-c2ccc(C(F)(F)F)cc2)cc1. The van der Waals surface area contributed by atoms with E-state index in [1.165, 1.54) is 59.5 Å². The topological polar surface area (TPSA) is 117 Å². The molecule has 2 unspecified atom stereocenters. The Hall–Kier alpha value is -2.45. The first-order chi connectivity index (χ1) is 16.0. The highest BCUT2D eigenvalue weighted by atomic mass is 32.2. The largest absolute Gasteiger partial charge is 0.480 e. The van der Waals surface area contributed by atoms with Crippen LogP contribution in [0, 0.1) is 0 Å². The molecule has 0 spiro atoms. The number of sulfonamides is 1. The van der Waals surface area contributed by atoms with Gasteiger partial charge in [0.2, 0.25) is 10.0 Å². The molecule has 182 valence electrons. The molecule has 2 atom stereocenters. The van der Waals surface area contributed by atoms with Gasteiger partial charge in [0.25, 0.3) is 0 Å². The molecule has 7 nitrogen and oxygen atoms in total. The Morgan fingerprint density at radius 2 is 1.68 bits per heavy atom. The second-order valence-corrected chi connectivity index (χ2v) is 11.0. The molecule has 13 heteroatoms. The van der Waals surface area contributed by atoms with Gasteiger partial charge in [0, 0.05) is 23.8 Å². The van der Waals surface area contributed by atoms with Gasteiger partial charge in [-0.15, -0.1) is 11.3 Å². The van der Waals surface area contributed by atoms with E-state index in [0.29, 0.717) is 15.5 Å². The van der Waals surface area contributed by atoms with Crippen LogP contribution >= 0.6 is 23.1 Å². The van der Waals surface area contributed by atoms with Crippen LogP contribution in [0.5, 0.6) is 0 Å². The van der Waals surface area contributed by atoms with E-state index in [9.17, 15) is 36.6 Å². The zero-order valence-electron chi connectivity index (χ0n) is 17.3. The van der Waals surface area contributed by atoms with E-state index in [1.807, 2.05) is 0 Å². The summed E-state index contributed by atoms with van der Waals surface area (Å²) in [5.74, 6) is -1.30. The number of hydrogen-bond donors (Lipinski definition) is 3. The van der Waals surface area contributed by atoms with Crippen molar-refractivity contribution in [1.82, 2.24) is 9.71 Å². The van der Waals surface area contributed by atoms with E-state index >= 15 is 0 Å². The molecule has 0 saturated carbocycles. The van der Waals surface area contributed by atoms with Crippen molar-refractivity contribution < 1.29 is 36.6 Å². The Morgan fingerprint density at radius 1 is 1.09 bits per heavy atom. The van der Waals surface area contributed by atoms with Gasteiger partial charge in [-0.2, -0.15) is 17.9 Å². The van der Waals surface area contributed by atoms with Crippen LogP contribution in [0.3, 0.4) is 0 Å². The third-order valence-electron chi connectivity index (χ3n) is 4.62. The van der Waals surface area contributed by atoms with Crippen LogP contribution in [0.4, 0.5) is 13.2 Å². The van der Waals surface area contributed by atoms with Gasteiger partial charge in [0.05, 0.1) is 16.6 Å². The van der Waals surface area contributed by atoms with Gasteiger partial charge < -0.3 is 10.2 Å². The molecular weight excluding hydrogens is 513 g/mol. The van der Waals surface area contributed by atoms with Crippen LogP contribution in [0.2, 0.25) is 0 Å². The molecule has 0 fully saturated rings. The summed E-state index contributed by atoms with van der Waals surface area (Å²) in [6.45, 7) is 0. The summed E-state index contributed by atoms with van der Waals surface area (Å²) < 4.78 is 66.3. The van der Waals surface area contributed by atoms with Crippen LogP contribution < -0.4 is 4.72 Å². The van der Waals surface area contributed by atoms with E-state index in [0.717, 1.165) is 12.1 Å². The van der Waals surface area contributed by atoms with Gasteiger partial charge in [0.15, 0.2) is 0 Å². The van der Waals surface area contributed by atoms with Crippen molar-refractivity contribution in [3.63, 3.8) is 0 Å². The quantitative estimate of drug-likeness (QED) is 0.337. The fraction of sp³-hybridized carbons (Fsp3) is 0.238. The Bertz CT molecular complexity index is 1200. The lowest BCUT2D eigenvalue weighted by atomic mass is 10.0. The maximum absolute atomic E-state index is 12.7. The number of aliphatic carboxylic acids is 1. The summed E-state index contributed by atoms with van der Waals surface area (Å²) in [6, 6.07) is 8.11. The Balaban J connectivity index is 1.67. The van der Waals surface area contributed by atoms with Gasteiger partial charge in [-0.05, 0) is 35.4 Å². The van der Waals surface area contributed by atoms with Crippen LogP contribution in [-0.4, -0.2) is 47.5 Å². The number of carbonyl (C=O) groups is 1. The average molecular weight is 533 g/mol. The second-order valence-electron chi connectivity index (χ2n) is 7.11. The number of thioether (sulfide) groups is 1. The Morgan fingerprint density at radius 3 is 2.18 bits per heavy atom. The number of halogens is 3.